The lowest BCUT2D eigenvalue weighted by molar-refractivity contribution is -0.136. The minimum Gasteiger partial charge on any atom is -0.388 e. The smallest absolute Gasteiger partial charge is 0.388 e. The van der Waals surface area contributed by atoms with E-state index >= 15 is 0 Å². The molecule has 5 heteroatoms. The summed E-state index contributed by atoms with van der Waals surface area (Å²) in [5.74, 6) is 0. The molecule has 0 fully saturated rings. The SMILES string of the molecule is Cc1cc(C(O)CCCC(F)(F)F)c2ccccc2n1. The van der Waals surface area contributed by atoms with Crippen molar-refractivity contribution in [2.75, 3.05) is 0 Å². The molecule has 0 aliphatic carbocycles. The number of hydrogen-bond donors (Lipinski definition) is 1. The van der Waals surface area contributed by atoms with Crippen molar-refractivity contribution in [1.29, 1.82) is 0 Å². The minimum absolute atomic E-state index is 0.0830. The molecule has 0 bridgehead atoms. The van der Waals surface area contributed by atoms with Gasteiger partial charge in [0.15, 0.2) is 0 Å². The summed E-state index contributed by atoms with van der Waals surface area (Å²) in [7, 11) is 0. The number of fused-ring (bicyclic) bond motifs is 1. The Morgan fingerprint density at radius 3 is 2.65 bits per heavy atom. The van der Waals surface area contributed by atoms with Crippen molar-refractivity contribution in [3.05, 3.63) is 41.6 Å². The summed E-state index contributed by atoms with van der Waals surface area (Å²) in [5.41, 5.74) is 2.14. The van der Waals surface area contributed by atoms with Crippen LogP contribution >= 0.6 is 0 Å². The number of halogens is 3. The maximum absolute atomic E-state index is 12.1. The second-order valence-corrected chi connectivity index (χ2v) is 4.89. The topological polar surface area (TPSA) is 33.1 Å². The first-order chi connectivity index (χ1) is 9.37. The summed E-state index contributed by atoms with van der Waals surface area (Å²) in [6, 6.07) is 9.05. The Morgan fingerprint density at radius 1 is 1.25 bits per heavy atom. The van der Waals surface area contributed by atoms with E-state index in [2.05, 4.69) is 4.98 Å². The number of alkyl halides is 3. The number of nitrogens with zero attached hydrogens (tertiary/aromatic N) is 1. The van der Waals surface area contributed by atoms with Crippen LogP contribution in [0.15, 0.2) is 30.3 Å². The first-order valence-corrected chi connectivity index (χ1v) is 6.48. The summed E-state index contributed by atoms with van der Waals surface area (Å²) in [4.78, 5) is 4.35. The Labute approximate surface area is 115 Å². The lowest BCUT2D eigenvalue weighted by Gasteiger charge is -2.15. The standard InChI is InChI=1S/C15H16F3NO/c1-10-9-12(11-5-2-3-6-13(11)19-10)14(20)7-4-8-15(16,17)18/h2-3,5-6,9,14,20H,4,7-8H2,1H3. The van der Waals surface area contributed by atoms with Crippen LogP contribution in [-0.2, 0) is 0 Å². The minimum atomic E-state index is -4.17. The van der Waals surface area contributed by atoms with E-state index in [0.29, 0.717) is 5.56 Å². The van der Waals surface area contributed by atoms with Crippen molar-refractivity contribution in [3.8, 4) is 0 Å². The molecule has 0 aliphatic heterocycles. The zero-order valence-electron chi connectivity index (χ0n) is 11.1. The van der Waals surface area contributed by atoms with Gasteiger partial charge < -0.3 is 5.11 Å². The quantitative estimate of drug-likeness (QED) is 0.907. The molecule has 1 aromatic carbocycles. The molecule has 1 atom stereocenters. The zero-order valence-corrected chi connectivity index (χ0v) is 11.1. The molecular formula is C15H16F3NO. The van der Waals surface area contributed by atoms with Crippen molar-refractivity contribution in [2.45, 2.75) is 38.5 Å². The molecule has 2 aromatic rings. The highest BCUT2D eigenvalue weighted by atomic mass is 19.4. The fraction of sp³-hybridized carbons (Fsp3) is 0.400. The average Bonchev–Trinajstić information content (AvgIpc) is 2.36. The molecule has 0 radical (unpaired) electrons. The highest BCUT2D eigenvalue weighted by Gasteiger charge is 2.26. The summed E-state index contributed by atoms with van der Waals surface area (Å²) in [6.45, 7) is 1.80. The number of rotatable bonds is 4. The highest BCUT2D eigenvalue weighted by Crippen LogP contribution is 2.29. The number of hydrogen-bond acceptors (Lipinski definition) is 2. The second-order valence-electron chi connectivity index (χ2n) is 4.89. The van der Waals surface area contributed by atoms with Crippen LogP contribution in [-0.4, -0.2) is 16.3 Å². The van der Waals surface area contributed by atoms with Gasteiger partial charge in [-0.1, -0.05) is 18.2 Å². The molecule has 0 saturated carbocycles. The summed E-state index contributed by atoms with van der Waals surface area (Å²) >= 11 is 0. The molecule has 108 valence electrons. The van der Waals surface area contributed by atoms with Gasteiger partial charge >= 0.3 is 6.18 Å². The summed E-state index contributed by atoms with van der Waals surface area (Å²) in [5, 5.41) is 10.9. The Balaban J connectivity index is 2.19. The maximum Gasteiger partial charge on any atom is 0.389 e. The van der Waals surface area contributed by atoms with Gasteiger partial charge in [-0.3, -0.25) is 4.98 Å². The van der Waals surface area contributed by atoms with Crippen LogP contribution in [0.5, 0.6) is 0 Å². The highest BCUT2D eigenvalue weighted by molar-refractivity contribution is 5.82. The maximum atomic E-state index is 12.1. The number of pyridine rings is 1. The molecule has 0 amide bonds. The number of aliphatic hydroxyl groups is 1. The number of para-hydroxylation sites is 1. The lowest BCUT2D eigenvalue weighted by Crippen LogP contribution is -2.08. The van der Waals surface area contributed by atoms with Crippen LogP contribution < -0.4 is 0 Å². The largest absolute Gasteiger partial charge is 0.389 e. The van der Waals surface area contributed by atoms with Crippen LogP contribution in [0.3, 0.4) is 0 Å². The van der Waals surface area contributed by atoms with Crippen molar-refractivity contribution in [2.24, 2.45) is 0 Å². The number of benzene rings is 1. The number of aromatic nitrogens is 1. The molecule has 0 aliphatic rings. The second kappa shape index (κ2) is 5.79. The molecule has 1 aromatic heterocycles. The molecule has 2 rings (SSSR count). The lowest BCUT2D eigenvalue weighted by atomic mass is 9.99. The monoisotopic (exact) mass is 283 g/mol. The van der Waals surface area contributed by atoms with E-state index in [1.54, 1.807) is 13.0 Å². The molecule has 1 heterocycles. The van der Waals surface area contributed by atoms with Crippen molar-refractivity contribution in [1.82, 2.24) is 4.98 Å². The number of aliphatic hydroxyl groups excluding tert-OH is 1. The van der Waals surface area contributed by atoms with E-state index in [0.717, 1.165) is 16.6 Å². The van der Waals surface area contributed by atoms with Crippen molar-refractivity contribution >= 4 is 10.9 Å². The Morgan fingerprint density at radius 2 is 1.95 bits per heavy atom. The fourth-order valence-electron chi connectivity index (χ4n) is 2.27. The van der Waals surface area contributed by atoms with E-state index in [1.165, 1.54) is 0 Å². The van der Waals surface area contributed by atoms with Gasteiger partial charge in [-0.05, 0) is 37.5 Å². The van der Waals surface area contributed by atoms with Gasteiger partial charge in [0, 0.05) is 17.5 Å². The Bertz CT molecular complexity index is 595. The van der Waals surface area contributed by atoms with Gasteiger partial charge in [0.1, 0.15) is 0 Å². The molecule has 0 saturated heterocycles. The molecule has 0 spiro atoms. The predicted molar refractivity (Wildman–Crippen MR) is 71.3 cm³/mol. The molecule has 2 nitrogen and oxygen atoms in total. The van der Waals surface area contributed by atoms with E-state index < -0.39 is 18.7 Å². The van der Waals surface area contributed by atoms with E-state index in [4.69, 9.17) is 0 Å². The van der Waals surface area contributed by atoms with Crippen LogP contribution in [0.4, 0.5) is 13.2 Å². The van der Waals surface area contributed by atoms with E-state index in [1.807, 2.05) is 24.3 Å². The molecule has 1 N–H and O–H groups in total. The third-order valence-electron chi connectivity index (χ3n) is 3.17. The van der Waals surface area contributed by atoms with Gasteiger partial charge in [0.05, 0.1) is 11.6 Å². The van der Waals surface area contributed by atoms with Crippen molar-refractivity contribution < 1.29 is 18.3 Å². The van der Waals surface area contributed by atoms with Crippen LogP contribution in [0.25, 0.3) is 10.9 Å². The van der Waals surface area contributed by atoms with Crippen LogP contribution in [0.1, 0.15) is 36.6 Å². The predicted octanol–water partition coefficient (Wildman–Crippen LogP) is 4.31. The molecule has 1 unspecified atom stereocenters. The van der Waals surface area contributed by atoms with E-state index in [9.17, 15) is 18.3 Å². The number of aryl methyl sites for hydroxylation is 1. The van der Waals surface area contributed by atoms with Gasteiger partial charge in [-0.15, -0.1) is 0 Å². The normalized spacial score (nSPS) is 13.7. The molecule has 20 heavy (non-hydrogen) atoms. The molecular weight excluding hydrogens is 267 g/mol. The summed E-state index contributed by atoms with van der Waals surface area (Å²) < 4.78 is 36.4. The van der Waals surface area contributed by atoms with Gasteiger partial charge in [-0.2, -0.15) is 13.2 Å². The zero-order chi connectivity index (χ0) is 14.8. The van der Waals surface area contributed by atoms with Gasteiger partial charge in [-0.25, -0.2) is 0 Å². The first kappa shape index (κ1) is 14.8. The van der Waals surface area contributed by atoms with Crippen LogP contribution in [0, 0.1) is 6.92 Å². The third kappa shape index (κ3) is 3.70. The Kier molecular flexibility index (Phi) is 4.28. The third-order valence-corrected chi connectivity index (χ3v) is 3.17. The van der Waals surface area contributed by atoms with Crippen molar-refractivity contribution in [3.63, 3.8) is 0 Å². The first-order valence-electron chi connectivity index (χ1n) is 6.48. The van der Waals surface area contributed by atoms with Crippen LogP contribution in [0.2, 0.25) is 0 Å². The average molecular weight is 283 g/mol. The Hall–Kier alpha value is -1.62. The summed E-state index contributed by atoms with van der Waals surface area (Å²) in [6.07, 6.45) is -5.93. The fourth-order valence-corrected chi connectivity index (χ4v) is 2.27. The van der Waals surface area contributed by atoms with E-state index in [-0.39, 0.29) is 12.8 Å². The van der Waals surface area contributed by atoms with Gasteiger partial charge in [0.25, 0.3) is 0 Å². The van der Waals surface area contributed by atoms with Gasteiger partial charge in [0.2, 0.25) is 0 Å².